The maximum absolute atomic E-state index is 13.7. The lowest BCUT2D eigenvalue weighted by Gasteiger charge is -2.35. The van der Waals surface area contributed by atoms with E-state index in [4.69, 9.17) is 5.73 Å². The number of nitrogens with two attached hydrogens (primary N) is 1. The molecular formula is C11H13F2N3O. The Morgan fingerprint density at radius 3 is 2.82 bits per heavy atom. The number of benzene rings is 1. The van der Waals surface area contributed by atoms with Crippen molar-refractivity contribution in [3.05, 3.63) is 23.8 Å². The average molecular weight is 241 g/mol. The van der Waals surface area contributed by atoms with Crippen LogP contribution >= 0.6 is 0 Å². The van der Waals surface area contributed by atoms with Crippen LogP contribution in [0.5, 0.6) is 0 Å². The van der Waals surface area contributed by atoms with Crippen LogP contribution in [0.2, 0.25) is 0 Å². The third kappa shape index (κ3) is 1.95. The number of carbonyl (C=O) groups is 1. The normalized spacial score (nSPS) is 18.9. The minimum atomic E-state index is -0.716. The minimum absolute atomic E-state index is 0.156. The first kappa shape index (κ1) is 11.8. The molecular weight excluding hydrogens is 228 g/mol. The number of nitrogens with one attached hydrogen (secondary N) is 1. The Kier molecular flexibility index (Phi) is 2.97. The van der Waals surface area contributed by atoms with Crippen LogP contribution < -0.4 is 16.0 Å². The molecule has 1 atom stereocenters. The van der Waals surface area contributed by atoms with Crippen LogP contribution in [0.25, 0.3) is 0 Å². The zero-order chi connectivity index (χ0) is 12.6. The van der Waals surface area contributed by atoms with Gasteiger partial charge in [0, 0.05) is 13.1 Å². The fourth-order valence-corrected chi connectivity index (χ4v) is 2.05. The molecule has 0 bridgehead atoms. The molecule has 1 aromatic rings. The highest BCUT2D eigenvalue weighted by molar-refractivity contribution is 6.03. The van der Waals surface area contributed by atoms with E-state index in [1.807, 2.05) is 0 Å². The Hall–Kier alpha value is -1.69. The summed E-state index contributed by atoms with van der Waals surface area (Å²) in [5, 5.41) is 2.49. The number of likely N-dealkylation sites (N-methyl/N-ethyl adjacent to an activating group) is 1. The molecule has 0 radical (unpaired) electrons. The number of hydrogen-bond donors (Lipinski definition) is 2. The molecule has 17 heavy (non-hydrogen) atoms. The minimum Gasteiger partial charge on any atom is -0.359 e. The molecule has 0 spiro atoms. The smallest absolute Gasteiger partial charge is 0.247 e. The Bertz CT molecular complexity index is 464. The molecule has 0 fully saturated rings. The summed E-state index contributed by atoms with van der Waals surface area (Å²) >= 11 is 0. The largest absolute Gasteiger partial charge is 0.359 e. The first-order valence-electron chi connectivity index (χ1n) is 5.27. The van der Waals surface area contributed by atoms with E-state index in [2.05, 4.69) is 5.32 Å². The number of hydrogen-bond acceptors (Lipinski definition) is 3. The highest BCUT2D eigenvalue weighted by Gasteiger charge is 2.32. The first-order chi connectivity index (χ1) is 8.04. The number of halogens is 2. The number of fused-ring (bicyclic) bond motifs is 1. The molecule has 0 saturated heterocycles. The van der Waals surface area contributed by atoms with Crippen molar-refractivity contribution in [1.29, 1.82) is 0 Å². The van der Waals surface area contributed by atoms with Gasteiger partial charge in [-0.3, -0.25) is 4.79 Å². The van der Waals surface area contributed by atoms with Gasteiger partial charge in [-0.1, -0.05) is 0 Å². The molecule has 1 amide bonds. The van der Waals surface area contributed by atoms with Crippen LogP contribution in [0.4, 0.5) is 20.2 Å². The van der Waals surface area contributed by atoms with E-state index < -0.39 is 17.7 Å². The van der Waals surface area contributed by atoms with E-state index in [0.717, 1.165) is 12.1 Å². The molecule has 1 aliphatic heterocycles. The van der Waals surface area contributed by atoms with Crippen LogP contribution in [0.1, 0.15) is 6.42 Å². The highest BCUT2D eigenvalue weighted by atomic mass is 19.1. The van der Waals surface area contributed by atoms with Crippen molar-refractivity contribution in [3.8, 4) is 0 Å². The van der Waals surface area contributed by atoms with Crippen molar-refractivity contribution >= 4 is 17.3 Å². The second kappa shape index (κ2) is 4.29. The third-order valence-corrected chi connectivity index (χ3v) is 2.85. The lowest BCUT2D eigenvalue weighted by Crippen LogP contribution is -2.47. The predicted molar refractivity (Wildman–Crippen MR) is 60.9 cm³/mol. The molecule has 1 aromatic carbocycles. The fourth-order valence-electron chi connectivity index (χ4n) is 2.05. The SMILES string of the molecule is CN1c2c(F)cc(F)cc2NC(=O)C1CCN. The van der Waals surface area contributed by atoms with Gasteiger partial charge in [0.2, 0.25) is 5.91 Å². The van der Waals surface area contributed by atoms with Crippen molar-refractivity contribution in [2.75, 3.05) is 23.8 Å². The quantitative estimate of drug-likeness (QED) is 0.814. The summed E-state index contributed by atoms with van der Waals surface area (Å²) in [7, 11) is 1.60. The van der Waals surface area contributed by atoms with Gasteiger partial charge in [-0.05, 0) is 19.0 Å². The monoisotopic (exact) mass is 241 g/mol. The highest BCUT2D eigenvalue weighted by Crippen LogP contribution is 2.34. The molecule has 4 nitrogen and oxygen atoms in total. The van der Waals surface area contributed by atoms with E-state index in [1.54, 1.807) is 7.05 Å². The summed E-state index contributed by atoms with van der Waals surface area (Å²) in [6.45, 7) is 0.320. The van der Waals surface area contributed by atoms with Crippen molar-refractivity contribution in [2.24, 2.45) is 5.73 Å². The van der Waals surface area contributed by atoms with Gasteiger partial charge >= 0.3 is 0 Å². The number of anilines is 2. The van der Waals surface area contributed by atoms with Gasteiger partial charge in [0.25, 0.3) is 0 Å². The fraction of sp³-hybridized carbons (Fsp3) is 0.364. The molecule has 1 unspecified atom stereocenters. The summed E-state index contributed by atoms with van der Waals surface area (Å²) in [6.07, 6.45) is 0.415. The number of amides is 1. The first-order valence-corrected chi connectivity index (χ1v) is 5.27. The molecule has 92 valence electrons. The van der Waals surface area contributed by atoms with Gasteiger partial charge in [0.05, 0.1) is 11.4 Å². The van der Waals surface area contributed by atoms with Gasteiger partial charge < -0.3 is 16.0 Å². The van der Waals surface area contributed by atoms with Gasteiger partial charge in [-0.25, -0.2) is 8.78 Å². The molecule has 0 saturated carbocycles. The predicted octanol–water partition coefficient (Wildman–Crippen LogP) is 1.07. The van der Waals surface area contributed by atoms with Crippen LogP contribution in [-0.4, -0.2) is 25.5 Å². The summed E-state index contributed by atoms with van der Waals surface area (Å²) in [4.78, 5) is 13.2. The second-order valence-corrected chi connectivity index (χ2v) is 3.98. The van der Waals surface area contributed by atoms with E-state index in [-0.39, 0.29) is 17.3 Å². The molecule has 1 heterocycles. The lowest BCUT2D eigenvalue weighted by molar-refractivity contribution is -0.117. The summed E-state index contributed by atoms with van der Waals surface area (Å²) in [5.74, 6) is -1.70. The van der Waals surface area contributed by atoms with Gasteiger partial charge in [0.1, 0.15) is 11.9 Å². The van der Waals surface area contributed by atoms with Crippen molar-refractivity contribution in [3.63, 3.8) is 0 Å². The topological polar surface area (TPSA) is 58.4 Å². The third-order valence-electron chi connectivity index (χ3n) is 2.85. The molecule has 0 aromatic heterocycles. The zero-order valence-electron chi connectivity index (χ0n) is 9.34. The number of carbonyl (C=O) groups excluding carboxylic acids is 1. The van der Waals surface area contributed by atoms with Crippen molar-refractivity contribution < 1.29 is 13.6 Å². The number of rotatable bonds is 2. The van der Waals surface area contributed by atoms with Gasteiger partial charge in [-0.15, -0.1) is 0 Å². The van der Waals surface area contributed by atoms with Gasteiger partial charge in [0.15, 0.2) is 5.82 Å². The molecule has 2 rings (SSSR count). The summed E-state index contributed by atoms with van der Waals surface area (Å²) < 4.78 is 26.7. The molecule has 0 aliphatic carbocycles. The summed E-state index contributed by atoms with van der Waals surface area (Å²) in [6, 6.07) is 1.38. The Morgan fingerprint density at radius 1 is 1.47 bits per heavy atom. The standard InChI is InChI=1S/C11H13F2N3O/c1-16-9(2-3-14)11(17)15-8-5-6(12)4-7(13)10(8)16/h4-5,9H,2-3,14H2,1H3,(H,15,17). The number of nitrogens with zero attached hydrogens (tertiary/aromatic N) is 1. The Labute approximate surface area is 97.4 Å². The molecule has 3 N–H and O–H groups in total. The van der Waals surface area contributed by atoms with Crippen LogP contribution in [0.15, 0.2) is 12.1 Å². The van der Waals surface area contributed by atoms with Crippen molar-refractivity contribution in [1.82, 2.24) is 0 Å². The lowest BCUT2D eigenvalue weighted by atomic mass is 10.1. The molecule has 1 aliphatic rings. The van der Waals surface area contributed by atoms with Crippen LogP contribution in [0, 0.1) is 11.6 Å². The van der Waals surface area contributed by atoms with E-state index >= 15 is 0 Å². The molecule has 6 heteroatoms. The van der Waals surface area contributed by atoms with Crippen molar-refractivity contribution in [2.45, 2.75) is 12.5 Å². The average Bonchev–Trinajstić information content (AvgIpc) is 2.22. The van der Waals surface area contributed by atoms with Gasteiger partial charge in [-0.2, -0.15) is 0 Å². The van der Waals surface area contributed by atoms with Crippen LogP contribution in [0.3, 0.4) is 0 Å². The van der Waals surface area contributed by atoms with E-state index in [0.29, 0.717) is 13.0 Å². The Balaban J connectivity index is 2.46. The zero-order valence-corrected chi connectivity index (χ0v) is 9.34. The maximum Gasteiger partial charge on any atom is 0.247 e. The Morgan fingerprint density at radius 2 is 2.18 bits per heavy atom. The summed E-state index contributed by atoms with van der Waals surface area (Å²) in [5.41, 5.74) is 5.76. The van der Waals surface area contributed by atoms with E-state index in [1.165, 1.54) is 4.90 Å². The maximum atomic E-state index is 13.7. The van der Waals surface area contributed by atoms with Crippen LogP contribution in [-0.2, 0) is 4.79 Å². The van der Waals surface area contributed by atoms with E-state index in [9.17, 15) is 13.6 Å². The second-order valence-electron chi connectivity index (χ2n) is 3.98.